The summed E-state index contributed by atoms with van der Waals surface area (Å²) in [4.78, 5) is 0. The smallest absolute Gasteiger partial charge is 0.377 e. The molecule has 0 aromatic carbocycles. The van der Waals surface area contributed by atoms with Gasteiger partial charge in [0.2, 0.25) is 10.0 Å². The highest BCUT2D eigenvalue weighted by molar-refractivity contribution is 8.07. The lowest BCUT2D eigenvalue weighted by molar-refractivity contribution is -0.0431. The second kappa shape index (κ2) is 11.2. The van der Waals surface area contributed by atoms with E-state index in [1.807, 2.05) is 0 Å². The topological polar surface area (TPSA) is 131 Å². The average Bonchev–Trinajstić information content (AvgIpc) is 2.48. The van der Waals surface area contributed by atoms with Gasteiger partial charge in [0.1, 0.15) is 0 Å². The third kappa shape index (κ3) is 12.9. The van der Waals surface area contributed by atoms with Gasteiger partial charge in [0, 0.05) is 0 Å². The molecule has 0 aromatic heterocycles. The fourth-order valence-corrected chi connectivity index (χ4v) is 3.43. The molecule has 0 atom stereocenters. The van der Waals surface area contributed by atoms with E-state index in [0.717, 1.165) is 52.9 Å². The molecule has 2 fully saturated rings. The Morgan fingerprint density at radius 2 is 0.958 bits per heavy atom. The summed E-state index contributed by atoms with van der Waals surface area (Å²) in [6.45, 7) is 6.22. The number of hydrogen-bond acceptors (Lipinski definition) is 8. The summed E-state index contributed by atoms with van der Waals surface area (Å²) >= 11 is 0. The van der Waals surface area contributed by atoms with Crippen LogP contribution < -0.4 is 5.14 Å². The highest BCUT2D eigenvalue weighted by atomic mass is 32.3. The molecular formula is C10H20F3NO8S2. The first-order chi connectivity index (χ1) is 11.0. The van der Waals surface area contributed by atoms with Crippen LogP contribution in [-0.2, 0) is 38.8 Å². The summed E-state index contributed by atoms with van der Waals surface area (Å²) in [7, 11) is -10.3. The lowest BCUT2D eigenvalue weighted by Gasteiger charge is -2.09. The van der Waals surface area contributed by atoms with Crippen LogP contribution in [0.1, 0.15) is 0 Å². The van der Waals surface area contributed by atoms with Gasteiger partial charge in [-0.05, 0) is 0 Å². The van der Waals surface area contributed by atoms with Gasteiger partial charge in [0.25, 0.3) is 9.84 Å². The van der Waals surface area contributed by atoms with Crippen molar-refractivity contribution in [2.45, 2.75) is 5.51 Å². The number of alkyl halides is 3. The van der Waals surface area contributed by atoms with Crippen molar-refractivity contribution in [1.82, 2.24) is 0 Å². The molecule has 0 aromatic rings. The van der Waals surface area contributed by atoms with Crippen LogP contribution in [0.3, 0.4) is 0 Å². The van der Waals surface area contributed by atoms with Crippen LogP contribution in [-0.4, -0.2) is 80.3 Å². The molecule has 24 heavy (non-hydrogen) atoms. The maximum absolute atomic E-state index is 11.5. The van der Waals surface area contributed by atoms with Crippen LogP contribution in [0.4, 0.5) is 13.2 Å². The largest absolute Gasteiger partial charge is 0.498 e. The second-order valence-electron chi connectivity index (χ2n) is 4.29. The molecule has 0 aliphatic carbocycles. The van der Waals surface area contributed by atoms with Crippen LogP contribution in [0.2, 0.25) is 0 Å². The van der Waals surface area contributed by atoms with E-state index in [1.54, 1.807) is 0 Å². The number of nitrogens with two attached hydrogens (primary N) is 1. The molecule has 2 aliphatic rings. The van der Waals surface area contributed by atoms with E-state index < -0.39 is 30.5 Å². The molecule has 0 amide bonds. The van der Waals surface area contributed by atoms with Gasteiger partial charge in [-0.2, -0.15) is 13.2 Å². The summed E-state index contributed by atoms with van der Waals surface area (Å²) in [6, 6.07) is 0. The number of rotatable bonds is 2. The predicted octanol–water partition coefficient (Wildman–Crippen LogP) is -0.767. The van der Waals surface area contributed by atoms with Crippen molar-refractivity contribution in [2.75, 3.05) is 57.9 Å². The van der Waals surface area contributed by atoms with Crippen molar-refractivity contribution < 1.29 is 49.0 Å². The van der Waals surface area contributed by atoms with E-state index in [0.29, 0.717) is 0 Å². The van der Waals surface area contributed by atoms with Crippen LogP contribution in [0.5, 0.6) is 0 Å². The lowest BCUT2D eigenvalue weighted by Crippen LogP contribution is -2.32. The SMILES string of the molecule is C1COCCO1.C1COCCO1.NS(=O)(=O)CS(=O)(=O)C(F)(F)F. The fraction of sp³-hybridized carbons (Fsp3) is 1.00. The first-order valence-electron chi connectivity index (χ1n) is 6.56. The molecule has 2 N–H and O–H groups in total. The molecule has 146 valence electrons. The van der Waals surface area contributed by atoms with Crippen molar-refractivity contribution in [2.24, 2.45) is 5.14 Å². The number of sulfone groups is 1. The van der Waals surface area contributed by atoms with E-state index >= 15 is 0 Å². The normalized spacial score (nSPS) is 19.3. The van der Waals surface area contributed by atoms with E-state index in [4.69, 9.17) is 18.9 Å². The molecule has 0 unspecified atom stereocenters. The van der Waals surface area contributed by atoms with Crippen molar-refractivity contribution in [3.8, 4) is 0 Å². The monoisotopic (exact) mass is 403 g/mol. The maximum atomic E-state index is 11.5. The molecule has 14 heteroatoms. The number of ether oxygens (including phenoxy) is 4. The summed E-state index contributed by atoms with van der Waals surface area (Å²) < 4.78 is 94.3. The van der Waals surface area contributed by atoms with Crippen molar-refractivity contribution >= 4 is 19.9 Å². The van der Waals surface area contributed by atoms with Crippen molar-refractivity contribution in [1.29, 1.82) is 0 Å². The molecule has 0 spiro atoms. The van der Waals surface area contributed by atoms with Crippen LogP contribution in [0.15, 0.2) is 0 Å². The third-order valence-electron chi connectivity index (χ3n) is 2.16. The Hall–Kier alpha value is -0.510. The van der Waals surface area contributed by atoms with E-state index in [1.165, 1.54) is 0 Å². The van der Waals surface area contributed by atoms with Gasteiger partial charge in [0.15, 0.2) is 5.08 Å². The Labute approximate surface area is 138 Å². The van der Waals surface area contributed by atoms with Gasteiger partial charge >= 0.3 is 5.51 Å². The number of primary sulfonamides is 1. The fourth-order valence-electron chi connectivity index (χ4n) is 1.16. The Morgan fingerprint density at radius 1 is 0.708 bits per heavy atom. The maximum Gasteiger partial charge on any atom is 0.498 e. The van der Waals surface area contributed by atoms with Gasteiger partial charge in [-0.25, -0.2) is 22.0 Å². The van der Waals surface area contributed by atoms with Gasteiger partial charge in [-0.1, -0.05) is 0 Å². The summed E-state index contributed by atoms with van der Waals surface area (Å²) in [5.74, 6) is 0. The molecule has 2 rings (SSSR count). The lowest BCUT2D eigenvalue weighted by atomic mass is 10.6. The summed E-state index contributed by atoms with van der Waals surface area (Å²) in [6.07, 6.45) is 0. The Balaban J connectivity index is 0.000000364. The van der Waals surface area contributed by atoms with Crippen LogP contribution in [0, 0.1) is 0 Å². The minimum absolute atomic E-state index is 0.778. The van der Waals surface area contributed by atoms with Crippen molar-refractivity contribution in [3.05, 3.63) is 0 Å². The summed E-state index contributed by atoms with van der Waals surface area (Å²) in [5, 5.41) is 1.99. The highest BCUT2D eigenvalue weighted by Gasteiger charge is 2.47. The zero-order valence-electron chi connectivity index (χ0n) is 12.7. The van der Waals surface area contributed by atoms with Gasteiger partial charge in [0.05, 0.1) is 52.9 Å². The first kappa shape index (κ1) is 23.5. The predicted molar refractivity (Wildman–Crippen MR) is 76.2 cm³/mol. The first-order valence-corrected chi connectivity index (χ1v) is 9.93. The zero-order valence-corrected chi connectivity index (χ0v) is 14.3. The van der Waals surface area contributed by atoms with E-state index in [9.17, 15) is 30.0 Å². The minimum Gasteiger partial charge on any atom is -0.377 e. The molecule has 2 saturated heterocycles. The molecule has 2 aliphatic heterocycles. The standard InChI is InChI=1S/2C4H8O2.C2H4F3NO4S2/c2*1-2-6-4-3-5-1;3-2(4,5)11(7,8)1-12(6,9)10/h2*1-4H2;1H2,(H2,6,9,10). The average molecular weight is 403 g/mol. The van der Waals surface area contributed by atoms with E-state index in [2.05, 4.69) is 5.14 Å². The second-order valence-corrected chi connectivity index (χ2v) is 8.25. The molecule has 0 radical (unpaired) electrons. The molecule has 0 saturated carbocycles. The molecule has 9 nitrogen and oxygen atoms in total. The Bertz CT molecular complexity index is 492. The molecule has 0 bridgehead atoms. The Kier molecular flexibility index (Phi) is 10.9. The van der Waals surface area contributed by atoms with Gasteiger partial charge in [-0.3, -0.25) is 0 Å². The minimum atomic E-state index is -5.67. The summed E-state index contributed by atoms with van der Waals surface area (Å²) in [5.41, 5.74) is -5.58. The van der Waals surface area contributed by atoms with Crippen LogP contribution >= 0.6 is 0 Å². The van der Waals surface area contributed by atoms with E-state index in [-0.39, 0.29) is 0 Å². The van der Waals surface area contributed by atoms with Crippen molar-refractivity contribution in [3.63, 3.8) is 0 Å². The van der Waals surface area contributed by atoms with Crippen LogP contribution in [0.25, 0.3) is 0 Å². The molecular weight excluding hydrogens is 383 g/mol. The third-order valence-corrected chi connectivity index (χ3v) is 5.42. The number of sulfonamides is 1. The molecule has 2 heterocycles. The quantitative estimate of drug-likeness (QED) is 0.636. The highest BCUT2D eigenvalue weighted by Crippen LogP contribution is 2.24. The number of halogens is 3. The number of hydrogen-bond donors (Lipinski definition) is 1. The van der Waals surface area contributed by atoms with Gasteiger partial charge in [-0.15, -0.1) is 0 Å². The Morgan fingerprint density at radius 3 is 1.04 bits per heavy atom. The van der Waals surface area contributed by atoms with Gasteiger partial charge < -0.3 is 18.9 Å². The zero-order chi connectivity index (χ0) is 18.7.